The minimum absolute atomic E-state index is 0.660. The Balaban J connectivity index is 2.86. The molecule has 0 saturated carbocycles. The molecule has 0 aliphatic rings. The quantitative estimate of drug-likeness (QED) is 0.671. The summed E-state index contributed by atoms with van der Waals surface area (Å²) in [5.41, 5.74) is 0.810. The van der Waals surface area contributed by atoms with E-state index in [4.69, 9.17) is 16.0 Å². The molecule has 0 spiro atoms. The van der Waals surface area contributed by atoms with Crippen LogP contribution in [0.3, 0.4) is 0 Å². The fourth-order valence-electron chi connectivity index (χ4n) is 0.970. The van der Waals surface area contributed by atoms with E-state index < -0.39 is 0 Å². The first-order chi connectivity index (χ1) is 5.27. The molecular weight excluding hydrogens is 227 g/mol. The van der Waals surface area contributed by atoms with Crippen LogP contribution in [0.5, 0.6) is 0 Å². The van der Waals surface area contributed by atoms with Crippen molar-refractivity contribution in [1.82, 2.24) is 0 Å². The van der Waals surface area contributed by atoms with Crippen LogP contribution >= 0.6 is 27.5 Å². The van der Waals surface area contributed by atoms with Crippen LogP contribution in [-0.4, -0.2) is 0 Å². The molecule has 1 heterocycles. The molecule has 56 valence electrons. The van der Waals surface area contributed by atoms with Crippen LogP contribution in [0.25, 0.3) is 11.0 Å². The second kappa shape index (κ2) is 2.54. The van der Waals surface area contributed by atoms with E-state index in [1.54, 1.807) is 6.26 Å². The Kier molecular flexibility index (Phi) is 1.66. The Labute approximate surface area is 77.1 Å². The smallest absolute Gasteiger partial charge is 0.136 e. The van der Waals surface area contributed by atoms with Crippen LogP contribution in [0.1, 0.15) is 0 Å². The Morgan fingerprint density at radius 1 is 1.36 bits per heavy atom. The van der Waals surface area contributed by atoms with Gasteiger partial charge in [-0.1, -0.05) is 27.5 Å². The first-order valence-electron chi connectivity index (χ1n) is 3.09. The lowest BCUT2D eigenvalue weighted by Gasteiger charge is -1.88. The summed E-state index contributed by atoms with van der Waals surface area (Å²) in [4.78, 5) is 0. The van der Waals surface area contributed by atoms with Crippen molar-refractivity contribution in [3.05, 3.63) is 34.0 Å². The molecule has 2 rings (SSSR count). The van der Waals surface area contributed by atoms with Crippen LogP contribution in [0.15, 0.2) is 33.4 Å². The molecule has 0 amide bonds. The van der Waals surface area contributed by atoms with Gasteiger partial charge in [-0.25, -0.2) is 0 Å². The van der Waals surface area contributed by atoms with Crippen molar-refractivity contribution in [3.63, 3.8) is 0 Å². The average Bonchev–Trinajstić information content (AvgIpc) is 2.32. The SMILES string of the molecule is Clc1coc2cc(Br)ccc12. The molecule has 0 atom stereocenters. The van der Waals surface area contributed by atoms with E-state index in [1.165, 1.54) is 0 Å². The van der Waals surface area contributed by atoms with Gasteiger partial charge >= 0.3 is 0 Å². The van der Waals surface area contributed by atoms with E-state index >= 15 is 0 Å². The van der Waals surface area contributed by atoms with Gasteiger partial charge in [0.15, 0.2) is 0 Å². The molecule has 0 aliphatic carbocycles. The maximum absolute atomic E-state index is 5.82. The highest BCUT2D eigenvalue weighted by Crippen LogP contribution is 2.27. The predicted octanol–water partition coefficient (Wildman–Crippen LogP) is 3.85. The molecule has 0 bridgehead atoms. The van der Waals surface area contributed by atoms with E-state index in [-0.39, 0.29) is 0 Å². The van der Waals surface area contributed by atoms with Gasteiger partial charge in [-0.3, -0.25) is 0 Å². The Morgan fingerprint density at radius 2 is 2.18 bits per heavy atom. The standard InChI is InChI=1S/C8H4BrClO/c9-5-1-2-6-7(10)4-11-8(6)3-5/h1-4H. The monoisotopic (exact) mass is 230 g/mol. The van der Waals surface area contributed by atoms with E-state index in [0.29, 0.717) is 5.02 Å². The van der Waals surface area contributed by atoms with Crippen molar-refractivity contribution in [2.75, 3.05) is 0 Å². The van der Waals surface area contributed by atoms with E-state index in [0.717, 1.165) is 15.4 Å². The molecule has 0 saturated heterocycles. The van der Waals surface area contributed by atoms with Crippen molar-refractivity contribution in [3.8, 4) is 0 Å². The summed E-state index contributed by atoms with van der Waals surface area (Å²) in [6, 6.07) is 5.75. The van der Waals surface area contributed by atoms with E-state index in [9.17, 15) is 0 Å². The molecule has 2 aromatic rings. The topological polar surface area (TPSA) is 13.1 Å². The maximum Gasteiger partial charge on any atom is 0.136 e. The number of benzene rings is 1. The lowest BCUT2D eigenvalue weighted by molar-refractivity contribution is 0.616. The Hall–Kier alpha value is -0.470. The van der Waals surface area contributed by atoms with Gasteiger partial charge < -0.3 is 4.42 Å². The molecule has 3 heteroatoms. The fraction of sp³-hybridized carbons (Fsp3) is 0. The third-order valence-electron chi connectivity index (χ3n) is 1.49. The molecule has 0 unspecified atom stereocenters. The van der Waals surface area contributed by atoms with Crippen molar-refractivity contribution in [1.29, 1.82) is 0 Å². The zero-order chi connectivity index (χ0) is 7.84. The molecule has 0 N–H and O–H groups in total. The number of hydrogen-bond acceptors (Lipinski definition) is 1. The van der Waals surface area contributed by atoms with Gasteiger partial charge in [0.1, 0.15) is 11.8 Å². The first-order valence-corrected chi connectivity index (χ1v) is 4.27. The van der Waals surface area contributed by atoms with Crippen molar-refractivity contribution in [2.24, 2.45) is 0 Å². The number of fused-ring (bicyclic) bond motifs is 1. The zero-order valence-electron chi connectivity index (χ0n) is 5.47. The second-order valence-corrected chi connectivity index (χ2v) is 3.55. The van der Waals surface area contributed by atoms with Gasteiger partial charge in [0.2, 0.25) is 0 Å². The molecule has 0 radical (unpaired) electrons. The lowest BCUT2D eigenvalue weighted by Crippen LogP contribution is -1.64. The van der Waals surface area contributed by atoms with Gasteiger partial charge in [0, 0.05) is 9.86 Å². The molecule has 0 fully saturated rings. The molecule has 11 heavy (non-hydrogen) atoms. The summed E-state index contributed by atoms with van der Waals surface area (Å²) in [5, 5.41) is 1.61. The van der Waals surface area contributed by atoms with Crippen LogP contribution in [0, 0.1) is 0 Å². The highest BCUT2D eigenvalue weighted by molar-refractivity contribution is 9.10. The van der Waals surface area contributed by atoms with E-state index in [2.05, 4.69) is 15.9 Å². The average molecular weight is 231 g/mol. The van der Waals surface area contributed by atoms with Crippen molar-refractivity contribution < 1.29 is 4.42 Å². The molecule has 1 aromatic carbocycles. The molecule has 0 aliphatic heterocycles. The Bertz CT molecular complexity index is 394. The molecular formula is C8H4BrClO. The van der Waals surface area contributed by atoms with Gasteiger partial charge in [-0.2, -0.15) is 0 Å². The summed E-state index contributed by atoms with van der Waals surface area (Å²) in [7, 11) is 0. The normalized spacial score (nSPS) is 10.7. The summed E-state index contributed by atoms with van der Waals surface area (Å²) in [6.07, 6.45) is 1.54. The number of halogens is 2. The molecule has 1 aromatic heterocycles. The van der Waals surface area contributed by atoms with E-state index in [1.807, 2.05) is 18.2 Å². The largest absolute Gasteiger partial charge is 0.463 e. The zero-order valence-corrected chi connectivity index (χ0v) is 7.82. The first kappa shape index (κ1) is 7.19. The second-order valence-electron chi connectivity index (χ2n) is 2.22. The summed E-state index contributed by atoms with van der Waals surface area (Å²) >= 11 is 9.15. The summed E-state index contributed by atoms with van der Waals surface area (Å²) < 4.78 is 6.16. The lowest BCUT2D eigenvalue weighted by atomic mass is 10.3. The van der Waals surface area contributed by atoms with Crippen LogP contribution in [0.4, 0.5) is 0 Å². The van der Waals surface area contributed by atoms with Crippen molar-refractivity contribution in [2.45, 2.75) is 0 Å². The maximum atomic E-state index is 5.82. The third-order valence-corrected chi connectivity index (χ3v) is 2.28. The Morgan fingerprint density at radius 3 is 3.00 bits per heavy atom. The number of hydrogen-bond donors (Lipinski definition) is 0. The highest BCUT2D eigenvalue weighted by atomic mass is 79.9. The van der Waals surface area contributed by atoms with Crippen molar-refractivity contribution >= 4 is 38.5 Å². The minimum Gasteiger partial charge on any atom is -0.463 e. The number of rotatable bonds is 0. The van der Waals surface area contributed by atoms with Gasteiger partial charge in [0.05, 0.1) is 5.02 Å². The van der Waals surface area contributed by atoms with Gasteiger partial charge in [-0.15, -0.1) is 0 Å². The van der Waals surface area contributed by atoms with Crippen LogP contribution in [0.2, 0.25) is 5.02 Å². The third kappa shape index (κ3) is 1.17. The summed E-state index contributed by atoms with van der Waals surface area (Å²) in [5.74, 6) is 0. The predicted molar refractivity (Wildman–Crippen MR) is 48.9 cm³/mol. The minimum atomic E-state index is 0.660. The highest BCUT2D eigenvalue weighted by Gasteiger charge is 2.02. The van der Waals surface area contributed by atoms with Gasteiger partial charge in [0.25, 0.3) is 0 Å². The number of furan rings is 1. The molecule has 1 nitrogen and oxygen atoms in total. The van der Waals surface area contributed by atoms with Gasteiger partial charge in [-0.05, 0) is 18.2 Å². The van der Waals surface area contributed by atoms with Crippen LogP contribution in [-0.2, 0) is 0 Å². The summed E-state index contributed by atoms with van der Waals surface area (Å²) in [6.45, 7) is 0. The van der Waals surface area contributed by atoms with Crippen LogP contribution < -0.4 is 0 Å². The fourth-order valence-corrected chi connectivity index (χ4v) is 1.51.